The number of carbonyl (C=O) groups is 4. The van der Waals surface area contributed by atoms with Gasteiger partial charge in [-0.3, -0.25) is 9.59 Å². The van der Waals surface area contributed by atoms with Crippen LogP contribution in [0.15, 0.2) is 73.8 Å². The Balaban J connectivity index is 1.50. The summed E-state index contributed by atoms with van der Waals surface area (Å²) >= 11 is 0. The lowest BCUT2D eigenvalue weighted by Crippen LogP contribution is -2.17. The summed E-state index contributed by atoms with van der Waals surface area (Å²) < 4.78 is 103. The highest BCUT2D eigenvalue weighted by atomic mass is 19.4. The van der Waals surface area contributed by atoms with Gasteiger partial charge in [0.15, 0.2) is 0 Å². The van der Waals surface area contributed by atoms with Gasteiger partial charge in [-0.1, -0.05) is 25.3 Å². The molecule has 3 aromatic carbocycles. The maximum atomic E-state index is 14.7. The van der Waals surface area contributed by atoms with Gasteiger partial charge in [0.2, 0.25) is 0 Å². The zero-order chi connectivity index (χ0) is 40.4. The van der Waals surface area contributed by atoms with E-state index in [-0.39, 0.29) is 68.3 Å². The van der Waals surface area contributed by atoms with Crippen LogP contribution < -0.4 is 18.9 Å². The molecule has 0 unspecified atom stereocenters. The molecular formula is C40H41F5O10. The maximum Gasteiger partial charge on any atom is 0.420 e. The van der Waals surface area contributed by atoms with E-state index in [4.69, 9.17) is 28.4 Å². The molecule has 3 aromatic rings. The fourth-order valence-electron chi connectivity index (χ4n) is 4.93. The monoisotopic (exact) mass is 776 g/mol. The summed E-state index contributed by atoms with van der Waals surface area (Å²) in [5.41, 5.74) is -1.59. The highest BCUT2D eigenvalue weighted by Crippen LogP contribution is 2.42. The van der Waals surface area contributed by atoms with Crippen molar-refractivity contribution in [2.75, 3.05) is 26.4 Å². The van der Waals surface area contributed by atoms with E-state index in [0.29, 0.717) is 25.7 Å². The Labute approximate surface area is 314 Å². The van der Waals surface area contributed by atoms with E-state index in [1.807, 2.05) is 0 Å². The first kappa shape index (κ1) is 43.7. The van der Waals surface area contributed by atoms with Gasteiger partial charge < -0.3 is 28.4 Å². The van der Waals surface area contributed by atoms with Gasteiger partial charge in [0.05, 0.1) is 39.3 Å². The third-order valence-corrected chi connectivity index (χ3v) is 7.79. The minimum atomic E-state index is -5.01. The normalized spacial score (nSPS) is 10.9. The van der Waals surface area contributed by atoms with E-state index in [9.17, 15) is 41.1 Å². The first-order valence-electron chi connectivity index (χ1n) is 17.2. The molecule has 10 nitrogen and oxygen atoms in total. The minimum absolute atomic E-state index is 0.108. The highest BCUT2D eigenvalue weighted by molar-refractivity contribution is 5.81. The Kier molecular flexibility index (Phi) is 17.3. The van der Waals surface area contributed by atoms with Crippen LogP contribution in [0.1, 0.15) is 60.8 Å². The summed E-state index contributed by atoms with van der Waals surface area (Å²) in [6, 6.07) is 9.93. The number of carbonyl (C=O) groups excluding carboxylic acids is 4. The van der Waals surface area contributed by atoms with Gasteiger partial charge in [0.25, 0.3) is 0 Å². The topological polar surface area (TPSA) is 124 Å². The third-order valence-electron chi connectivity index (χ3n) is 7.79. The lowest BCUT2D eigenvalue weighted by molar-refractivity contribution is -0.143. The van der Waals surface area contributed by atoms with E-state index in [1.54, 1.807) is 0 Å². The first-order valence-corrected chi connectivity index (χ1v) is 17.2. The average molecular weight is 777 g/mol. The van der Waals surface area contributed by atoms with Crippen LogP contribution in [0.3, 0.4) is 0 Å². The number of benzene rings is 3. The molecule has 296 valence electrons. The fraction of sp³-hybridized carbons (Fsp3) is 0.350. The molecular weight excluding hydrogens is 735 g/mol. The summed E-state index contributed by atoms with van der Waals surface area (Å²) in [4.78, 5) is 47.2. The van der Waals surface area contributed by atoms with Gasteiger partial charge in [-0.25, -0.2) is 18.4 Å². The molecule has 55 heavy (non-hydrogen) atoms. The van der Waals surface area contributed by atoms with Gasteiger partial charge in [-0.15, -0.1) is 0 Å². The summed E-state index contributed by atoms with van der Waals surface area (Å²) in [7, 11) is 0. The molecule has 0 aromatic heterocycles. The van der Waals surface area contributed by atoms with E-state index < -0.39 is 70.7 Å². The predicted octanol–water partition coefficient (Wildman–Crippen LogP) is 8.14. The summed E-state index contributed by atoms with van der Waals surface area (Å²) in [5, 5.41) is 0. The number of rotatable bonds is 22. The van der Waals surface area contributed by atoms with Crippen LogP contribution in [0.5, 0.6) is 23.0 Å². The number of alkyl halides is 3. The molecule has 0 fully saturated rings. The molecule has 0 radical (unpaired) electrons. The van der Waals surface area contributed by atoms with E-state index in [2.05, 4.69) is 13.2 Å². The van der Waals surface area contributed by atoms with Crippen LogP contribution in [-0.4, -0.2) is 50.3 Å². The molecule has 15 heteroatoms. The minimum Gasteiger partial charge on any atom is -0.493 e. The Bertz CT molecular complexity index is 1820. The van der Waals surface area contributed by atoms with Crippen molar-refractivity contribution in [3.8, 4) is 23.0 Å². The third kappa shape index (κ3) is 14.9. The molecule has 0 aliphatic rings. The molecule has 0 bridgehead atoms. The van der Waals surface area contributed by atoms with Crippen molar-refractivity contribution in [3.63, 3.8) is 0 Å². The van der Waals surface area contributed by atoms with Crippen LogP contribution >= 0.6 is 0 Å². The second-order valence-electron chi connectivity index (χ2n) is 11.9. The van der Waals surface area contributed by atoms with Crippen molar-refractivity contribution in [2.45, 2.75) is 64.5 Å². The number of unbranched alkanes of at least 4 members (excludes halogenated alkanes) is 2. The lowest BCUT2D eigenvalue weighted by atomic mass is 10.1. The summed E-state index contributed by atoms with van der Waals surface area (Å²) in [6.07, 6.45) is -1.91. The van der Waals surface area contributed by atoms with Crippen LogP contribution in [-0.2, 0) is 47.7 Å². The Morgan fingerprint density at radius 1 is 0.636 bits per heavy atom. The molecule has 0 amide bonds. The molecule has 0 aliphatic heterocycles. The maximum absolute atomic E-state index is 14.7. The summed E-state index contributed by atoms with van der Waals surface area (Å²) in [6.45, 7) is 8.47. The standard InChI is InChI=1S/C40H41F5O10/c1-4-35(46)52-22-8-6-20-50-29-14-10-27(31(41)24-29)12-18-37(48)54-33-16-17-34(39(26(33)3)40(43,44)45)55-38(49)19-13-28-11-15-30(25-32(28)42)51-21-7-9-23-53-36(47)5-2/h4-5,10-11,14-17,24-25H,1-2,6-9,12-13,18-23H2,3H3. The molecule has 0 saturated carbocycles. The Morgan fingerprint density at radius 2 is 1.05 bits per heavy atom. The van der Waals surface area contributed by atoms with Crippen molar-refractivity contribution in [3.05, 3.63) is 108 Å². The molecule has 3 rings (SSSR count). The predicted molar refractivity (Wildman–Crippen MR) is 189 cm³/mol. The van der Waals surface area contributed by atoms with Gasteiger partial charge in [0, 0.05) is 29.8 Å². The van der Waals surface area contributed by atoms with Crippen LogP contribution in [0.25, 0.3) is 0 Å². The number of aryl methyl sites for hydroxylation is 2. The van der Waals surface area contributed by atoms with Gasteiger partial charge in [-0.05, 0) is 80.8 Å². The van der Waals surface area contributed by atoms with Crippen LogP contribution in [0.4, 0.5) is 22.0 Å². The van der Waals surface area contributed by atoms with E-state index in [1.165, 1.54) is 24.3 Å². The smallest absolute Gasteiger partial charge is 0.420 e. The Hall–Kier alpha value is -5.73. The van der Waals surface area contributed by atoms with Crippen LogP contribution in [0, 0.1) is 18.6 Å². The Morgan fingerprint density at radius 3 is 1.47 bits per heavy atom. The van der Waals surface area contributed by atoms with Crippen molar-refractivity contribution >= 4 is 23.9 Å². The molecule has 0 atom stereocenters. The fourth-order valence-corrected chi connectivity index (χ4v) is 4.93. The van der Waals surface area contributed by atoms with E-state index >= 15 is 0 Å². The molecule has 0 saturated heterocycles. The van der Waals surface area contributed by atoms with Crippen LogP contribution in [0.2, 0.25) is 0 Å². The largest absolute Gasteiger partial charge is 0.493 e. The molecule has 0 N–H and O–H groups in total. The molecule has 0 spiro atoms. The van der Waals surface area contributed by atoms with Crippen molar-refractivity contribution in [2.24, 2.45) is 0 Å². The van der Waals surface area contributed by atoms with Crippen molar-refractivity contribution < 1.29 is 69.6 Å². The zero-order valence-electron chi connectivity index (χ0n) is 30.1. The number of hydrogen-bond donors (Lipinski definition) is 0. The second kappa shape index (κ2) is 21.8. The zero-order valence-corrected chi connectivity index (χ0v) is 30.1. The molecule has 0 heterocycles. The SMILES string of the molecule is C=CC(=O)OCCCCOc1ccc(CCC(=O)Oc2ccc(OC(=O)CCc3ccc(OCCCCOC(=O)C=C)cc3F)c(C(F)(F)F)c2C)c(F)c1. The van der Waals surface area contributed by atoms with Crippen molar-refractivity contribution in [1.82, 2.24) is 0 Å². The second-order valence-corrected chi connectivity index (χ2v) is 11.9. The number of esters is 4. The summed E-state index contributed by atoms with van der Waals surface area (Å²) in [5.74, 6) is -5.19. The average Bonchev–Trinajstić information content (AvgIpc) is 3.14. The number of ether oxygens (including phenoxy) is 6. The van der Waals surface area contributed by atoms with Gasteiger partial charge in [0.1, 0.15) is 40.2 Å². The number of hydrogen-bond acceptors (Lipinski definition) is 10. The highest BCUT2D eigenvalue weighted by Gasteiger charge is 2.38. The van der Waals surface area contributed by atoms with Gasteiger partial charge >= 0.3 is 30.1 Å². The first-order chi connectivity index (χ1) is 26.2. The lowest BCUT2D eigenvalue weighted by Gasteiger charge is -2.18. The molecule has 0 aliphatic carbocycles. The van der Waals surface area contributed by atoms with Crippen molar-refractivity contribution in [1.29, 1.82) is 0 Å². The quantitative estimate of drug-likeness (QED) is 0.0325. The number of halogens is 5. The van der Waals surface area contributed by atoms with E-state index in [0.717, 1.165) is 43.3 Å². The van der Waals surface area contributed by atoms with Gasteiger partial charge in [-0.2, -0.15) is 13.2 Å².